The van der Waals surface area contributed by atoms with E-state index in [0.29, 0.717) is 22.8 Å². The average molecular weight is 477 g/mol. The molecule has 4 amide bonds. The number of fused-ring (bicyclic) bond motifs is 1. The summed E-state index contributed by atoms with van der Waals surface area (Å²) in [4.78, 5) is 39.7. The first-order valence-corrected chi connectivity index (χ1v) is 11.3. The van der Waals surface area contributed by atoms with Crippen molar-refractivity contribution in [2.45, 2.75) is 25.3 Å². The van der Waals surface area contributed by atoms with Gasteiger partial charge in [-0.3, -0.25) is 9.59 Å². The first-order valence-electron chi connectivity index (χ1n) is 10.9. The van der Waals surface area contributed by atoms with Gasteiger partial charge in [0.05, 0.1) is 0 Å². The van der Waals surface area contributed by atoms with Gasteiger partial charge in [0, 0.05) is 22.3 Å². The summed E-state index contributed by atoms with van der Waals surface area (Å²) in [5.74, 6) is -1.22. The van der Waals surface area contributed by atoms with Crippen LogP contribution >= 0.6 is 11.6 Å². The van der Waals surface area contributed by atoms with Crippen molar-refractivity contribution in [2.75, 3.05) is 16.8 Å². The van der Waals surface area contributed by atoms with Crippen molar-refractivity contribution in [3.8, 4) is 0 Å². The fraction of sp³-hybridized carbons (Fsp3) is 0.192. The fourth-order valence-corrected chi connectivity index (χ4v) is 4.47. The van der Waals surface area contributed by atoms with Crippen LogP contribution in [0.5, 0.6) is 0 Å². The van der Waals surface area contributed by atoms with Crippen molar-refractivity contribution in [2.24, 2.45) is 5.73 Å². The van der Waals surface area contributed by atoms with E-state index in [1.807, 2.05) is 55.5 Å². The minimum absolute atomic E-state index is 0.185. The van der Waals surface area contributed by atoms with E-state index in [-0.39, 0.29) is 12.5 Å². The van der Waals surface area contributed by atoms with Crippen molar-refractivity contribution in [1.29, 1.82) is 0 Å². The lowest BCUT2D eigenvalue weighted by atomic mass is 9.85. The highest BCUT2D eigenvalue weighted by Crippen LogP contribution is 2.39. The minimum Gasteiger partial charge on any atom is -0.368 e. The number of carbonyl (C=O) groups is 3. The Hall–Kier alpha value is -3.84. The molecule has 0 saturated carbocycles. The smallest absolute Gasteiger partial charge is 0.319 e. The predicted octanol–water partition coefficient (Wildman–Crippen LogP) is 4.19. The number of primary amides is 1. The molecule has 0 saturated heterocycles. The van der Waals surface area contributed by atoms with Gasteiger partial charge in [0.2, 0.25) is 11.8 Å². The van der Waals surface area contributed by atoms with Gasteiger partial charge in [-0.2, -0.15) is 0 Å². The number of hydrogen-bond acceptors (Lipinski definition) is 3. The monoisotopic (exact) mass is 476 g/mol. The first kappa shape index (κ1) is 23.3. The van der Waals surface area contributed by atoms with Crippen LogP contribution in [0.25, 0.3) is 0 Å². The zero-order chi connectivity index (χ0) is 24.2. The second-order valence-electron chi connectivity index (χ2n) is 8.31. The number of aryl methyl sites for hydroxylation is 1. The summed E-state index contributed by atoms with van der Waals surface area (Å²) >= 11 is 6.01. The molecule has 2 atom stereocenters. The topological polar surface area (TPSA) is 105 Å². The Balaban J connectivity index is 1.72. The minimum atomic E-state index is -0.892. The lowest BCUT2D eigenvalue weighted by Crippen LogP contribution is -2.51. The van der Waals surface area contributed by atoms with E-state index in [0.717, 1.165) is 16.7 Å². The molecule has 4 N–H and O–H groups in total. The van der Waals surface area contributed by atoms with Crippen LogP contribution in [0.2, 0.25) is 5.02 Å². The summed E-state index contributed by atoms with van der Waals surface area (Å²) in [7, 11) is 0. The van der Waals surface area contributed by atoms with Crippen LogP contribution in [0.4, 0.5) is 16.2 Å². The number of nitrogens with two attached hydrogens (primary N) is 1. The number of anilines is 2. The molecule has 4 rings (SSSR count). The van der Waals surface area contributed by atoms with Gasteiger partial charge >= 0.3 is 6.03 Å². The molecule has 1 aliphatic rings. The van der Waals surface area contributed by atoms with Crippen molar-refractivity contribution >= 4 is 40.8 Å². The van der Waals surface area contributed by atoms with Crippen molar-refractivity contribution in [1.82, 2.24) is 5.32 Å². The molecule has 1 heterocycles. The largest absolute Gasteiger partial charge is 0.368 e. The summed E-state index contributed by atoms with van der Waals surface area (Å²) in [5.41, 5.74) is 9.46. The van der Waals surface area contributed by atoms with Crippen LogP contribution in [-0.2, 0) is 9.59 Å². The number of hydrogen-bond donors (Lipinski definition) is 3. The van der Waals surface area contributed by atoms with Crippen LogP contribution < -0.4 is 21.3 Å². The maximum Gasteiger partial charge on any atom is 0.319 e. The third kappa shape index (κ3) is 5.21. The third-order valence-electron chi connectivity index (χ3n) is 5.79. The quantitative estimate of drug-likeness (QED) is 0.514. The Bertz CT molecular complexity index is 1230. The molecule has 7 nitrogen and oxygen atoms in total. The number of carbonyl (C=O) groups excluding carboxylic acids is 3. The highest BCUT2D eigenvalue weighted by Gasteiger charge is 2.37. The summed E-state index contributed by atoms with van der Waals surface area (Å²) in [6.45, 7) is 1.63. The Labute approximate surface area is 202 Å². The molecule has 174 valence electrons. The van der Waals surface area contributed by atoms with Gasteiger partial charge in [-0.05, 0) is 54.3 Å². The summed E-state index contributed by atoms with van der Waals surface area (Å²) in [6, 6.07) is 20.9. The average Bonchev–Trinajstić information content (AvgIpc) is 2.90. The van der Waals surface area contributed by atoms with Crippen molar-refractivity contribution < 1.29 is 14.4 Å². The van der Waals surface area contributed by atoms with Gasteiger partial charge in [0.1, 0.15) is 12.6 Å². The molecule has 8 heteroatoms. The van der Waals surface area contributed by atoms with Crippen molar-refractivity contribution in [3.63, 3.8) is 0 Å². The zero-order valence-corrected chi connectivity index (χ0v) is 19.4. The summed E-state index contributed by atoms with van der Waals surface area (Å²) in [5, 5.41) is 5.98. The highest BCUT2D eigenvalue weighted by molar-refractivity contribution is 6.30. The molecule has 0 spiro atoms. The van der Waals surface area contributed by atoms with E-state index in [1.54, 1.807) is 24.3 Å². The van der Waals surface area contributed by atoms with E-state index in [9.17, 15) is 14.4 Å². The molecule has 1 aliphatic heterocycles. The summed E-state index contributed by atoms with van der Waals surface area (Å²) < 4.78 is 0. The van der Waals surface area contributed by atoms with E-state index in [1.165, 1.54) is 4.90 Å². The molecular weight excluding hydrogens is 452 g/mol. The standard InChI is InChI=1S/C26H25ClN4O3/c1-16-10-11-20-21(17-6-3-2-4-7-17)14-22(25(33)31(15-24(28)32)23(20)12-16)30-26(34)29-19-9-5-8-18(27)13-19/h2-13,21-22H,14-15H2,1H3,(H2,28,32)(H2,29,30,34). The molecule has 3 aromatic rings. The second kappa shape index (κ2) is 9.97. The lowest BCUT2D eigenvalue weighted by molar-refractivity contribution is -0.123. The molecule has 34 heavy (non-hydrogen) atoms. The van der Waals surface area contributed by atoms with Gasteiger partial charge in [-0.25, -0.2) is 4.79 Å². The van der Waals surface area contributed by atoms with E-state index in [4.69, 9.17) is 17.3 Å². The predicted molar refractivity (Wildman–Crippen MR) is 133 cm³/mol. The van der Waals surface area contributed by atoms with Gasteiger partial charge in [-0.15, -0.1) is 0 Å². The number of halogens is 1. The fourth-order valence-electron chi connectivity index (χ4n) is 4.28. The van der Waals surface area contributed by atoms with Crippen LogP contribution in [0.1, 0.15) is 29.0 Å². The number of nitrogens with zero attached hydrogens (tertiary/aromatic N) is 1. The van der Waals surface area contributed by atoms with Gasteiger partial charge in [0.25, 0.3) is 0 Å². The van der Waals surface area contributed by atoms with E-state index in [2.05, 4.69) is 10.6 Å². The Morgan fingerprint density at radius 3 is 2.53 bits per heavy atom. The number of urea groups is 1. The molecule has 2 unspecified atom stereocenters. The normalized spacial score (nSPS) is 17.5. The number of benzene rings is 3. The van der Waals surface area contributed by atoms with Crippen LogP contribution in [0, 0.1) is 6.92 Å². The SMILES string of the molecule is Cc1ccc2c(c1)N(CC(N)=O)C(=O)C(NC(=O)Nc1cccc(Cl)c1)CC2c1ccccc1. The van der Waals surface area contributed by atoms with Gasteiger partial charge in [-0.1, -0.05) is 60.1 Å². The molecular formula is C26H25ClN4O3. The molecule has 0 fully saturated rings. The first-order chi connectivity index (χ1) is 16.3. The van der Waals surface area contributed by atoms with Crippen LogP contribution in [0.3, 0.4) is 0 Å². The Kier molecular flexibility index (Phi) is 6.84. The number of rotatable bonds is 5. The number of nitrogens with one attached hydrogen (secondary N) is 2. The molecule has 0 radical (unpaired) electrons. The Morgan fingerprint density at radius 1 is 1.06 bits per heavy atom. The summed E-state index contributed by atoms with van der Waals surface area (Å²) in [6.07, 6.45) is 0.317. The highest BCUT2D eigenvalue weighted by atomic mass is 35.5. The maximum atomic E-state index is 13.6. The van der Waals surface area contributed by atoms with Crippen LogP contribution in [0.15, 0.2) is 72.8 Å². The Morgan fingerprint density at radius 2 is 1.82 bits per heavy atom. The van der Waals surface area contributed by atoms with Gasteiger partial charge in [0.15, 0.2) is 0 Å². The molecule has 0 aliphatic carbocycles. The van der Waals surface area contributed by atoms with E-state index >= 15 is 0 Å². The molecule has 0 bridgehead atoms. The molecule has 3 aromatic carbocycles. The number of amides is 4. The van der Waals surface area contributed by atoms with E-state index < -0.39 is 23.9 Å². The maximum absolute atomic E-state index is 13.6. The molecule has 0 aromatic heterocycles. The van der Waals surface area contributed by atoms with Crippen LogP contribution in [-0.4, -0.2) is 30.4 Å². The van der Waals surface area contributed by atoms with Gasteiger partial charge < -0.3 is 21.3 Å². The second-order valence-corrected chi connectivity index (χ2v) is 8.75. The zero-order valence-electron chi connectivity index (χ0n) is 18.6. The third-order valence-corrected chi connectivity index (χ3v) is 6.03. The van der Waals surface area contributed by atoms with Crippen molar-refractivity contribution in [3.05, 3.63) is 94.5 Å². The lowest BCUT2D eigenvalue weighted by Gasteiger charge is -2.25.